The SMILES string of the molecule is N#Cc1cc(Cl)cc(Oc2c(Cl)ccc3[nH]cnc23)c1. The molecule has 1 N–H and O–H groups in total. The van der Waals surface area contributed by atoms with E-state index in [-0.39, 0.29) is 0 Å². The number of aromatic nitrogens is 2. The van der Waals surface area contributed by atoms with Crippen LogP contribution in [0.25, 0.3) is 11.0 Å². The van der Waals surface area contributed by atoms with Crippen molar-refractivity contribution in [3.63, 3.8) is 0 Å². The topological polar surface area (TPSA) is 61.7 Å². The third kappa shape index (κ3) is 2.29. The molecule has 0 spiro atoms. The van der Waals surface area contributed by atoms with E-state index >= 15 is 0 Å². The molecule has 0 aliphatic rings. The molecule has 0 saturated carbocycles. The highest BCUT2D eigenvalue weighted by Crippen LogP contribution is 2.36. The van der Waals surface area contributed by atoms with Gasteiger partial charge in [0.1, 0.15) is 11.3 Å². The van der Waals surface area contributed by atoms with Gasteiger partial charge in [-0.2, -0.15) is 5.26 Å². The maximum absolute atomic E-state index is 8.94. The summed E-state index contributed by atoms with van der Waals surface area (Å²) in [6.07, 6.45) is 1.56. The molecule has 6 heteroatoms. The van der Waals surface area contributed by atoms with Crippen LogP contribution < -0.4 is 4.74 Å². The van der Waals surface area contributed by atoms with Gasteiger partial charge < -0.3 is 9.72 Å². The molecule has 1 heterocycles. The van der Waals surface area contributed by atoms with Crippen LogP contribution in [-0.4, -0.2) is 9.97 Å². The zero-order chi connectivity index (χ0) is 14.1. The Morgan fingerprint density at radius 2 is 2.05 bits per heavy atom. The maximum Gasteiger partial charge on any atom is 0.173 e. The third-order valence-electron chi connectivity index (χ3n) is 2.72. The van der Waals surface area contributed by atoms with Gasteiger partial charge in [0.25, 0.3) is 0 Å². The first kappa shape index (κ1) is 12.8. The van der Waals surface area contributed by atoms with Gasteiger partial charge in [0.15, 0.2) is 5.75 Å². The van der Waals surface area contributed by atoms with Crippen molar-refractivity contribution in [1.82, 2.24) is 9.97 Å². The second-order valence-corrected chi connectivity index (χ2v) is 4.91. The third-order valence-corrected chi connectivity index (χ3v) is 3.23. The van der Waals surface area contributed by atoms with Crippen LogP contribution in [0.5, 0.6) is 11.5 Å². The second-order valence-electron chi connectivity index (χ2n) is 4.06. The molecule has 0 bridgehead atoms. The monoisotopic (exact) mass is 303 g/mol. The zero-order valence-corrected chi connectivity index (χ0v) is 11.5. The van der Waals surface area contributed by atoms with Gasteiger partial charge in [-0.1, -0.05) is 23.2 Å². The Morgan fingerprint density at radius 3 is 2.85 bits per heavy atom. The predicted molar refractivity (Wildman–Crippen MR) is 77.3 cm³/mol. The minimum atomic E-state index is 0.415. The minimum Gasteiger partial charge on any atom is -0.453 e. The Labute approximate surface area is 124 Å². The lowest BCUT2D eigenvalue weighted by Gasteiger charge is -2.09. The fourth-order valence-electron chi connectivity index (χ4n) is 1.86. The number of hydrogen-bond donors (Lipinski definition) is 1. The van der Waals surface area contributed by atoms with E-state index in [0.717, 1.165) is 5.52 Å². The zero-order valence-electron chi connectivity index (χ0n) is 10.0. The van der Waals surface area contributed by atoms with Crippen molar-refractivity contribution in [2.24, 2.45) is 0 Å². The smallest absolute Gasteiger partial charge is 0.173 e. The molecule has 0 radical (unpaired) electrons. The van der Waals surface area contributed by atoms with Crippen LogP contribution in [0.2, 0.25) is 10.0 Å². The van der Waals surface area contributed by atoms with E-state index in [1.165, 1.54) is 0 Å². The number of ether oxygens (including phenoxy) is 1. The highest BCUT2D eigenvalue weighted by Gasteiger charge is 2.12. The van der Waals surface area contributed by atoms with Crippen molar-refractivity contribution in [2.75, 3.05) is 0 Å². The van der Waals surface area contributed by atoms with Gasteiger partial charge in [-0.25, -0.2) is 4.98 Å². The van der Waals surface area contributed by atoms with E-state index in [4.69, 9.17) is 33.2 Å². The summed E-state index contributed by atoms with van der Waals surface area (Å²) in [6, 6.07) is 10.3. The van der Waals surface area contributed by atoms with E-state index in [2.05, 4.69) is 9.97 Å². The summed E-state index contributed by atoms with van der Waals surface area (Å²) in [5, 5.41) is 9.79. The van der Waals surface area contributed by atoms with Gasteiger partial charge in [-0.15, -0.1) is 0 Å². The predicted octanol–water partition coefficient (Wildman–Crippen LogP) is 4.53. The van der Waals surface area contributed by atoms with Crippen LogP contribution >= 0.6 is 23.2 Å². The number of fused-ring (bicyclic) bond motifs is 1. The molecular formula is C14H7Cl2N3O. The number of hydrogen-bond acceptors (Lipinski definition) is 3. The van der Waals surface area contributed by atoms with Gasteiger partial charge in [-0.05, 0) is 30.3 Å². The van der Waals surface area contributed by atoms with E-state index in [1.54, 1.807) is 30.6 Å². The summed E-state index contributed by atoms with van der Waals surface area (Å²) in [5.41, 5.74) is 1.85. The van der Waals surface area contributed by atoms with Crippen molar-refractivity contribution >= 4 is 34.2 Å². The molecule has 0 fully saturated rings. The molecule has 3 rings (SSSR count). The Bertz CT molecular complexity index is 836. The number of aromatic amines is 1. The van der Waals surface area contributed by atoms with Crippen molar-refractivity contribution in [1.29, 1.82) is 5.26 Å². The molecule has 20 heavy (non-hydrogen) atoms. The first-order valence-electron chi connectivity index (χ1n) is 5.67. The summed E-state index contributed by atoms with van der Waals surface area (Å²) < 4.78 is 5.75. The van der Waals surface area contributed by atoms with Crippen molar-refractivity contribution in [3.05, 3.63) is 52.3 Å². The van der Waals surface area contributed by atoms with Crippen LogP contribution in [0.4, 0.5) is 0 Å². The summed E-state index contributed by atoms with van der Waals surface area (Å²) in [6.45, 7) is 0. The van der Waals surface area contributed by atoms with Crippen molar-refractivity contribution in [3.8, 4) is 17.6 Å². The molecule has 2 aromatic carbocycles. The van der Waals surface area contributed by atoms with Crippen LogP contribution in [-0.2, 0) is 0 Å². The number of nitrogens with zero attached hydrogens (tertiary/aromatic N) is 2. The molecule has 0 aliphatic carbocycles. The Kier molecular flexibility index (Phi) is 3.23. The highest BCUT2D eigenvalue weighted by molar-refractivity contribution is 6.33. The lowest BCUT2D eigenvalue weighted by atomic mass is 10.2. The summed E-state index contributed by atoms with van der Waals surface area (Å²) in [7, 11) is 0. The largest absolute Gasteiger partial charge is 0.453 e. The van der Waals surface area contributed by atoms with E-state index in [0.29, 0.717) is 32.6 Å². The van der Waals surface area contributed by atoms with Crippen molar-refractivity contribution < 1.29 is 4.74 Å². The molecule has 0 unspecified atom stereocenters. The average Bonchev–Trinajstić information content (AvgIpc) is 2.90. The highest BCUT2D eigenvalue weighted by atomic mass is 35.5. The molecule has 0 saturated heterocycles. The number of H-pyrrole nitrogens is 1. The van der Waals surface area contributed by atoms with Gasteiger partial charge in [0, 0.05) is 5.02 Å². The molecule has 0 aliphatic heterocycles. The Morgan fingerprint density at radius 1 is 1.20 bits per heavy atom. The molecular weight excluding hydrogens is 297 g/mol. The number of halogens is 2. The van der Waals surface area contributed by atoms with Gasteiger partial charge >= 0.3 is 0 Å². The van der Waals surface area contributed by atoms with Gasteiger partial charge in [0.05, 0.1) is 28.5 Å². The summed E-state index contributed by atoms with van der Waals surface area (Å²) >= 11 is 12.1. The van der Waals surface area contributed by atoms with E-state index in [1.807, 2.05) is 12.1 Å². The molecule has 0 atom stereocenters. The van der Waals surface area contributed by atoms with Crippen LogP contribution in [0.15, 0.2) is 36.7 Å². The summed E-state index contributed by atoms with van der Waals surface area (Å²) in [5.74, 6) is 0.864. The quantitative estimate of drug-likeness (QED) is 0.756. The first-order valence-corrected chi connectivity index (χ1v) is 6.43. The fourth-order valence-corrected chi connectivity index (χ4v) is 2.27. The fraction of sp³-hybridized carbons (Fsp3) is 0. The second kappa shape index (κ2) is 5.04. The Balaban J connectivity index is 2.10. The van der Waals surface area contributed by atoms with Crippen LogP contribution in [0, 0.1) is 11.3 Å². The molecule has 1 aromatic heterocycles. The molecule has 98 valence electrons. The molecule has 4 nitrogen and oxygen atoms in total. The van der Waals surface area contributed by atoms with Crippen LogP contribution in [0.3, 0.4) is 0 Å². The number of nitriles is 1. The summed E-state index contributed by atoms with van der Waals surface area (Å²) in [4.78, 5) is 7.16. The molecule has 3 aromatic rings. The minimum absolute atomic E-state index is 0.415. The van der Waals surface area contributed by atoms with Crippen LogP contribution in [0.1, 0.15) is 5.56 Å². The van der Waals surface area contributed by atoms with Gasteiger partial charge in [-0.3, -0.25) is 0 Å². The standard InChI is InChI=1S/C14H7Cl2N3O/c15-9-3-8(6-17)4-10(5-9)20-14-11(16)1-2-12-13(14)19-7-18-12/h1-5,7H,(H,18,19). The maximum atomic E-state index is 8.94. The lowest BCUT2D eigenvalue weighted by molar-refractivity contribution is 0.487. The molecule has 0 amide bonds. The van der Waals surface area contributed by atoms with Crippen molar-refractivity contribution in [2.45, 2.75) is 0 Å². The van der Waals surface area contributed by atoms with E-state index in [9.17, 15) is 0 Å². The number of imidazole rings is 1. The number of benzene rings is 2. The lowest BCUT2D eigenvalue weighted by Crippen LogP contribution is -1.88. The first-order chi connectivity index (χ1) is 9.67. The Hall–Kier alpha value is -2.22. The number of rotatable bonds is 2. The number of nitrogens with one attached hydrogen (secondary N) is 1. The normalized spacial score (nSPS) is 10.4. The average molecular weight is 304 g/mol. The van der Waals surface area contributed by atoms with E-state index < -0.39 is 0 Å². The van der Waals surface area contributed by atoms with Gasteiger partial charge in [0.2, 0.25) is 0 Å².